The van der Waals surface area contributed by atoms with Gasteiger partial charge in [-0.05, 0) is 48.0 Å². The summed E-state index contributed by atoms with van der Waals surface area (Å²) in [6, 6.07) is 16.4. The van der Waals surface area contributed by atoms with Gasteiger partial charge < -0.3 is 19.2 Å². The first kappa shape index (κ1) is 20.6. The van der Waals surface area contributed by atoms with Crippen LogP contribution in [0.1, 0.15) is 17.9 Å². The molecule has 1 fully saturated rings. The second-order valence-corrected chi connectivity index (χ2v) is 7.69. The predicted octanol–water partition coefficient (Wildman–Crippen LogP) is 4.05. The van der Waals surface area contributed by atoms with Crippen LogP contribution in [0.4, 0.5) is 15.8 Å². The van der Waals surface area contributed by atoms with E-state index in [0.717, 1.165) is 5.56 Å². The molecule has 4 aromatic rings. The van der Waals surface area contributed by atoms with Crippen molar-refractivity contribution in [3.63, 3.8) is 0 Å². The lowest BCUT2D eigenvalue weighted by Crippen LogP contribution is -2.28. The standard InChI is InChI=1S/C24H19FN4O4/c25-17-7-9-18(10-8-17)29-14-16(13-22(29)30)24(31)26-19-5-2-1-4-15(19)12-21-27-23(28-33-21)20-6-3-11-32-20/h1-11,16H,12-14H2,(H,26,31)/t16-/m1/s1. The zero-order chi connectivity index (χ0) is 22.8. The Morgan fingerprint density at radius 3 is 2.73 bits per heavy atom. The second kappa shape index (κ2) is 8.70. The third kappa shape index (κ3) is 4.38. The fraction of sp³-hybridized carbons (Fsp3) is 0.167. The highest BCUT2D eigenvalue weighted by molar-refractivity contribution is 6.03. The maximum absolute atomic E-state index is 13.2. The number of benzene rings is 2. The number of carbonyl (C=O) groups is 2. The number of anilines is 2. The minimum absolute atomic E-state index is 0.0849. The van der Waals surface area contributed by atoms with E-state index < -0.39 is 5.92 Å². The van der Waals surface area contributed by atoms with Crippen LogP contribution in [0.25, 0.3) is 11.6 Å². The molecular weight excluding hydrogens is 427 g/mol. The number of hydrogen-bond donors (Lipinski definition) is 1. The van der Waals surface area contributed by atoms with Gasteiger partial charge in [-0.25, -0.2) is 4.39 Å². The van der Waals surface area contributed by atoms with Gasteiger partial charge in [0.2, 0.25) is 23.5 Å². The lowest BCUT2D eigenvalue weighted by Gasteiger charge is -2.17. The van der Waals surface area contributed by atoms with Crippen LogP contribution >= 0.6 is 0 Å². The van der Waals surface area contributed by atoms with Crippen molar-refractivity contribution < 1.29 is 22.9 Å². The zero-order valence-electron chi connectivity index (χ0n) is 17.4. The van der Waals surface area contributed by atoms with Crippen LogP contribution in [-0.4, -0.2) is 28.5 Å². The fourth-order valence-corrected chi connectivity index (χ4v) is 3.78. The van der Waals surface area contributed by atoms with Crippen molar-refractivity contribution >= 4 is 23.2 Å². The third-order valence-electron chi connectivity index (χ3n) is 5.46. The molecule has 9 heteroatoms. The number of halogens is 1. The number of amides is 2. The number of furan rings is 1. The molecule has 1 N–H and O–H groups in total. The zero-order valence-corrected chi connectivity index (χ0v) is 17.4. The minimum atomic E-state index is -0.524. The van der Waals surface area contributed by atoms with E-state index in [1.54, 1.807) is 18.2 Å². The van der Waals surface area contributed by atoms with Gasteiger partial charge in [0.1, 0.15) is 5.82 Å². The topological polar surface area (TPSA) is 101 Å². The van der Waals surface area contributed by atoms with Crippen molar-refractivity contribution in [3.05, 3.63) is 84.2 Å². The van der Waals surface area contributed by atoms with Crippen LogP contribution in [-0.2, 0) is 16.0 Å². The van der Waals surface area contributed by atoms with Crippen LogP contribution in [0, 0.1) is 11.7 Å². The molecule has 0 radical (unpaired) electrons. The summed E-state index contributed by atoms with van der Waals surface area (Å²) in [5, 5.41) is 6.85. The van der Waals surface area contributed by atoms with Crippen molar-refractivity contribution in [2.75, 3.05) is 16.8 Å². The summed E-state index contributed by atoms with van der Waals surface area (Å²) in [7, 11) is 0. The highest BCUT2D eigenvalue weighted by atomic mass is 19.1. The molecule has 0 bridgehead atoms. The summed E-state index contributed by atoms with van der Waals surface area (Å²) < 4.78 is 23.8. The number of para-hydroxylation sites is 1. The van der Waals surface area contributed by atoms with Gasteiger partial charge in [0, 0.05) is 24.3 Å². The predicted molar refractivity (Wildman–Crippen MR) is 117 cm³/mol. The van der Waals surface area contributed by atoms with E-state index in [4.69, 9.17) is 8.94 Å². The van der Waals surface area contributed by atoms with Crippen LogP contribution < -0.4 is 10.2 Å². The van der Waals surface area contributed by atoms with Crippen LogP contribution in [0.3, 0.4) is 0 Å². The van der Waals surface area contributed by atoms with E-state index in [1.165, 1.54) is 35.4 Å². The fourth-order valence-electron chi connectivity index (χ4n) is 3.78. The Kier molecular flexibility index (Phi) is 5.43. The Labute approximate surface area is 188 Å². The van der Waals surface area contributed by atoms with E-state index >= 15 is 0 Å². The number of rotatable bonds is 6. The van der Waals surface area contributed by atoms with Gasteiger partial charge >= 0.3 is 0 Å². The maximum atomic E-state index is 13.2. The molecule has 0 saturated carbocycles. The summed E-state index contributed by atoms with van der Waals surface area (Å²) in [6.45, 7) is 0.231. The number of nitrogens with zero attached hydrogens (tertiary/aromatic N) is 3. The molecule has 2 aromatic carbocycles. The Morgan fingerprint density at radius 2 is 1.94 bits per heavy atom. The highest BCUT2D eigenvalue weighted by Gasteiger charge is 2.35. The molecule has 3 heterocycles. The van der Waals surface area contributed by atoms with Gasteiger partial charge in [-0.2, -0.15) is 4.98 Å². The van der Waals surface area contributed by atoms with Crippen molar-refractivity contribution in [1.29, 1.82) is 0 Å². The van der Waals surface area contributed by atoms with Gasteiger partial charge in [0.05, 0.1) is 18.6 Å². The van der Waals surface area contributed by atoms with Crippen LogP contribution in [0.15, 0.2) is 75.9 Å². The molecular formula is C24H19FN4O4. The highest BCUT2D eigenvalue weighted by Crippen LogP contribution is 2.27. The molecule has 0 aliphatic carbocycles. The summed E-state index contributed by atoms with van der Waals surface area (Å²) in [5.74, 6) is -0.112. The Morgan fingerprint density at radius 1 is 1.12 bits per heavy atom. The molecule has 1 saturated heterocycles. The first-order chi connectivity index (χ1) is 16.1. The van der Waals surface area contributed by atoms with Gasteiger partial charge in [0.15, 0.2) is 5.76 Å². The smallest absolute Gasteiger partial charge is 0.238 e. The quantitative estimate of drug-likeness (QED) is 0.480. The molecule has 166 valence electrons. The van der Waals surface area contributed by atoms with E-state index in [2.05, 4.69) is 15.5 Å². The normalized spacial score (nSPS) is 15.7. The molecule has 8 nitrogen and oxygen atoms in total. The third-order valence-corrected chi connectivity index (χ3v) is 5.46. The lowest BCUT2D eigenvalue weighted by molar-refractivity contribution is -0.122. The first-order valence-corrected chi connectivity index (χ1v) is 10.4. The number of hydrogen-bond acceptors (Lipinski definition) is 6. The first-order valence-electron chi connectivity index (χ1n) is 10.4. The molecule has 1 atom stereocenters. The van der Waals surface area contributed by atoms with E-state index in [1.807, 2.05) is 18.2 Å². The Balaban J connectivity index is 1.28. The minimum Gasteiger partial charge on any atom is -0.461 e. The second-order valence-electron chi connectivity index (χ2n) is 7.69. The number of nitrogens with one attached hydrogen (secondary N) is 1. The molecule has 2 amide bonds. The summed E-state index contributed by atoms with van der Waals surface area (Å²) in [6.07, 6.45) is 1.93. The molecule has 0 spiro atoms. The van der Waals surface area contributed by atoms with E-state index in [9.17, 15) is 14.0 Å². The molecule has 2 aromatic heterocycles. The van der Waals surface area contributed by atoms with Crippen molar-refractivity contribution in [1.82, 2.24) is 10.1 Å². The van der Waals surface area contributed by atoms with Gasteiger partial charge in [-0.15, -0.1) is 0 Å². The Bertz CT molecular complexity index is 1280. The van der Waals surface area contributed by atoms with Crippen molar-refractivity contribution in [3.8, 4) is 11.6 Å². The van der Waals surface area contributed by atoms with Gasteiger partial charge in [0.25, 0.3) is 0 Å². The van der Waals surface area contributed by atoms with E-state index in [-0.39, 0.29) is 30.6 Å². The molecule has 1 aliphatic rings. The lowest BCUT2D eigenvalue weighted by atomic mass is 10.1. The molecule has 0 unspecified atom stereocenters. The SMILES string of the molecule is O=C(Nc1ccccc1Cc1nc(-c2ccco2)no1)[C@@H]1CC(=O)N(c2ccc(F)cc2)C1. The number of carbonyl (C=O) groups excluding carboxylic acids is 2. The summed E-state index contributed by atoms with van der Waals surface area (Å²) in [4.78, 5) is 31.2. The molecule has 33 heavy (non-hydrogen) atoms. The van der Waals surface area contributed by atoms with Gasteiger partial charge in [-0.3, -0.25) is 9.59 Å². The van der Waals surface area contributed by atoms with Crippen molar-refractivity contribution in [2.24, 2.45) is 5.92 Å². The van der Waals surface area contributed by atoms with Crippen LogP contribution in [0.2, 0.25) is 0 Å². The van der Waals surface area contributed by atoms with E-state index in [0.29, 0.717) is 35.3 Å². The average molecular weight is 446 g/mol. The van der Waals surface area contributed by atoms with Gasteiger partial charge in [-0.1, -0.05) is 23.4 Å². The average Bonchev–Trinajstić information content (AvgIpc) is 3.57. The monoisotopic (exact) mass is 446 g/mol. The maximum Gasteiger partial charge on any atom is 0.238 e. The summed E-state index contributed by atoms with van der Waals surface area (Å²) in [5.41, 5.74) is 1.97. The molecule has 5 rings (SSSR count). The van der Waals surface area contributed by atoms with Crippen LogP contribution in [0.5, 0.6) is 0 Å². The molecule has 1 aliphatic heterocycles. The largest absolute Gasteiger partial charge is 0.461 e. The Hall–Kier alpha value is -4.27. The van der Waals surface area contributed by atoms with Crippen molar-refractivity contribution in [2.45, 2.75) is 12.8 Å². The summed E-state index contributed by atoms with van der Waals surface area (Å²) >= 11 is 0. The number of aromatic nitrogens is 2.